The Morgan fingerprint density at radius 1 is 0.500 bits per heavy atom. The molecule has 0 heteroatoms. The van der Waals surface area contributed by atoms with Gasteiger partial charge < -0.3 is 0 Å². The summed E-state index contributed by atoms with van der Waals surface area (Å²) >= 11 is 0. The molecule has 3 rings (SSSR count). The summed E-state index contributed by atoms with van der Waals surface area (Å²) in [7, 11) is 0. The van der Waals surface area contributed by atoms with E-state index in [9.17, 15) is 0 Å². The van der Waals surface area contributed by atoms with Gasteiger partial charge in [-0.1, -0.05) is 96.1 Å². The van der Waals surface area contributed by atoms with Gasteiger partial charge in [0.25, 0.3) is 0 Å². The summed E-state index contributed by atoms with van der Waals surface area (Å²) in [5.41, 5.74) is 10.1. The van der Waals surface area contributed by atoms with Crippen molar-refractivity contribution in [1.82, 2.24) is 0 Å². The Morgan fingerprint density at radius 3 is 1.12 bits per heavy atom. The molecule has 0 bridgehead atoms. The SMILES string of the molecule is C/C(=C\c1ccc(C)cc1)c1ccc(/C(C)=C/c2ccc(C)cc2)cc1. The van der Waals surface area contributed by atoms with Crippen LogP contribution >= 0.6 is 0 Å². The second-order valence-electron chi connectivity index (χ2n) is 7.05. The highest BCUT2D eigenvalue weighted by Crippen LogP contribution is 2.23. The third-order valence-electron chi connectivity index (χ3n) is 4.72. The van der Waals surface area contributed by atoms with Gasteiger partial charge in [0.1, 0.15) is 0 Å². The van der Waals surface area contributed by atoms with E-state index in [1.165, 1.54) is 44.5 Å². The molecular weight excluding hydrogens is 312 g/mol. The van der Waals surface area contributed by atoms with Crippen LogP contribution in [0.25, 0.3) is 23.3 Å². The molecule has 0 aliphatic heterocycles. The Hall–Kier alpha value is -2.86. The van der Waals surface area contributed by atoms with E-state index in [-0.39, 0.29) is 0 Å². The predicted octanol–water partition coefficient (Wildman–Crippen LogP) is 7.42. The maximum atomic E-state index is 2.24. The highest BCUT2D eigenvalue weighted by molar-refractivity contribution is 5.83. The van der Waals surface area contributed by atoms with Gasteiger partial charge in [-0.3, -0.25) is 0 Å². The highest BCUT2D eigenvalue weighted by Gasteiger charge is 2.00. The Bertz CT molecular complexity index is 838. The fourth-order valence-corrected chi connectivity index (χ4v) is 2.99. The number of hydrogen-bond acceptors (Lipinski definition) is 0. The lowest BCUT2D eigenvalue weighted by atomic mass is 9.99. The van der Waals surface area contributed by atoms with Crippen LogP contribution in [0.4, 0.5) is 0 Å². The standard InChI is InChI=1S/C26H26/c1-19-5-9-23(10-6-19)17-21(3)25-13-15-26(16-14-25)22(4)18-24-11-7-20(2)8-12-24/h5-18H,1-4H3/b21-17+,22-18+. The summed E-state index contributed by atoms with van der Waals surface area (Å²) in [6, 6.07) is 26.1. The van der Waals surface area contributed by atoms with Crippen molar-refractivity contribution in [3.8, 4) is 0 Å². The minimum atomic E-state index is 1.24. The van der Waals surface area contributed by atoms with Gasteiger partial charge in [-0.05, 0) is 61.1 Å². The van der Waals surface area contributed by atoms with Crippen LogP contribution in [-0.2, 0) is 0 Å². The van der Waals surface area contributed by atoms with Crippen LogP contribution in [0.1, 0.15) is 47.2 Å². The molecule has 26 heavy (non-hydrogen) atoms. The molecule has 0 radical (unpaired) electrons. The van der Waals surface area contributed by atoms with Crippen molar-refractivity contribution in [3.63, 3.8) is 0 Å². The Morgan fingerprint density at radius 2 is 0.808 bits per heavy atom. The van der Waals surface area contributed by atoms with E-state index in [1.54, 1.807) is 0 Å². The summed E-state index contributed by atoms with van der Waals surface area (Å²) in [6.07, 6.45) is 4.48. The molecule has 0 amide bonds. The van der Waals surface area contributed by atoms with Crippen molar-refractivity contribution in [2.24, 2.45) is 0 Å². The van der Waals surface area contributed by atoms with Crippen molar-refractivity contribution in [2.45, 2.75) is 27.7 Å². The number of benzene rings is 3. The van der Waals surface area contributed by atoms with Crippen LogP contribution < -0.4 is 0 Å². The van der Waals surface area contributed by atoms with E-state index >= 15 is 0 Å². The molecule has 0 atom stereocenters. The third-order valence-corrected chi connectivity index (χ3v) is 4.72. The van der Waals surface area contributed by atoms with Crippen LogP contribution in [0, 0.1) is 13.8 Å². The van der Waals surface area contributed by atoms with Gasteiger partial charge in [0, 0.05) is 0 Å². The minimum Gasteiger partial charge on any atom is -0.0587 e. The largest absolute Gasteiger partial charge is 0.0587 e. The van der Waals surface area contributed by atoms with E-state index in [4.69, 9.17) is 0 Å². The zero-order valence-corrected chi connectivity index (χ0v) is 16.1. The quantitative estimate of drug-likeness (QED) is 0.434. The fourth-order valence-electron chi connectivity index (χ4n) is 2.99. The number of hydrogen-bond donors (Lipinski definition) is 0. The first-order valence-corrected chi connectivity index (χ1v) is 9.12. The zero-order chi connectivity index (χ0) is 18.5. The highest BCUT2D eigenvalue weighted by atomic mass is 14.1. The van der Waals surface area contributed by atoms with Crippen LogP contribution in [0.2, 0.25) is 0 Å². The molecule has 130 valence electrons. The van der Waals surface area contributed by atoms with Gasteiger partial charge in [0.05, 0.1) is 0 Å². The summed E-state index contributed by atoms with van der Waals surface area (Å²) in [5, 5.41) is 0. The summed E-state index contributed by atoms with van der Waals surface area (Å²) in [4.78, 5) is 0. The zero-order valence-electron chi connectivity index (χ0n) is 16.1. The van der Waals surface area contributed by atoms with Gasteiger partial charge in [-0.15, -0.1) is 0 Å². The lowest BCUT2D eigenvalue weighted by molar-refractivity contribution is 1.46. The number of allylic oxidation sites excluding steroid dienone is 2. The van der Waals surface area contributed by atoms with Gasteiger partial charge in [-0.2, -0.15) is 0 Å². The molecule has 0 aliphatic carbocycles. The lowest BCUT2D eigenvalue weighted by Crippen LogP contribution is -1.84. The molecule has 0 N–H and O–H groups in total. The van der Waals surface area contributed by atoms with E-state index in [2.05, 4.69) is 113 Å². The molecule has 3 aromatic carbocycles. The molecule has 0 saturated heterocycles. The van der Waals surface area contributed by atoms with Gasteiger partial charge in [-0.25, -0.2) is 0 Å². The van der Waals surface area contributed by atoms with Crippen LogP contribution in [0.15, 0.2) is 72.8 Å². The van der Waals surface area contributed by atoms with Crippen molar-refractivity contribution in [2.75, 3.05) is 0 Å². The monoisotopic (exact) mass is 338 g/mol. The van der Waals surface area contributed by atoms with E-state index < -0.39 is 0 Å². The second-order valence-corrected chi connectivity index (χ2v) is 7.05. The fraction of sp³-hybridized carbons (Fsp3) is 0.154. The van der Waals surface area contributed by atoms with E-state index in [1.807, 2.05) is 0 Å². The number of aryl methyl sites for hydroxylation is 2. The second kappa shape index (κ2) is 8.01. The van der Waals surface area contributed by atoms with Crippen molar-refractivity contribution < 1.29 is 0 Å². The van der Waals surface area contributed by atoms with Crippen LogP contribution in [0.5, 0.6) is 0 Å². The third kappa shape index (κ3) is 4.61. The summed E-state index contributed by atoms with van der Waals surface area (Å²) < 4.78 is 0. The van der Waals surface area contributed by atoms with Gasteiger partial charge in [0.15, 0.2) is 0 Å². The Balaban J connectivity index is 1.79. The average molecular weight is 338 g/mol. The maximum Gasteiger partial charge on any atom is -0.0227 e. The Kier molecular flexibility index (Phi) is 5.53. The molecule has 0 aromatic heterocycles. The predicted molar refractivity (Wildman–Crippen MR) is 116 cm³/mol. The molecule has 0 fully saturated rings. The molecule has 0 nitrogen and oxygen atoms in total. The van der Waals surface area contributed by atoms with E-state index in [0.29, 0.717) is 0 Å². The lowest BCUT2D eigenvalue weighted by Gasteiger charge is -2.06. The average Bonchev–Trinajstić information content (AvgIpc) is 2.65. The smallest absolute Gasteiger partial charge is 0.0227 e. The van der Waals surface area contributed by atoms with Crippen LogP contribution in [-0.4, -0.2) is 0 Å². The Labute approximate surface area is 157 Å². The molecule has 0 spiro atoms. The minimum absolute atomic E-state index is 1.24. The topological polar surface area (TPSA) is 0 Å². The van der Waals surface area contributed by atoms with Crippen LogP contribution in [0.3, 0.4) is 0 Å². The molecule has 3 aromatic rings. The maximum absolute atomic E-state index is 2.24. The van der Waals surface area contributed by atoms with Crippen molar-refractivity contribution in [3.05, 3.63) is 106 Å². The normalized spacial score (nSPS) is 12.3. The summed E-state index contributed by atoms with van der Waals surface area (Å²) in [6.45, 7) is 8.57. The van der Waals surface area contributed by atoms with E-state index in [0.717, 1.165) is 0 Å². The molecule has 0 unspecified atom stereocenters. The van der Waals surface area contributed by atoms with Gasteiger partial charge >= 0.3 is 0 Å². The molecule has 0 saturated carbocycles. The number of rotatable bonds is 4. The van der Waals surface area contributed by atoms with Crippen molar-refractivity contribution >= 4 is 23.3 Å². The van der Waals surface area contributed by atoms with Gasteiger partial charge in [0.2, 0.25) is 0 Å². The summed E-state index contributed by atoms with van der Waals surface area (Å²) in [5.74, 6) is 0. The molecule has 0 aliphatic rings. The molecular formula is C26H26. The first-order chi connectivity index (χ1) is 12.5. The van der Waals surface area contributed by atoms with Crippen molar-refractivity contribution in [1.29, 1.82) is 0 Å². The molecule has 0 heterocycles. The first-order valence-electron chi connectivity index (χ1n) is 9.12. The first kappa shape index (κ1) is 17.9.